The highest BCUT2D eigenvalue weighted by Gasteiger charge is 2.49. The SMILES string of the molecule is Cc1nn(C)c(C)c1CN1CC(Cc2ccc(Cl)cc2)(C(=O)NC2CCOC2)C1. The number of ether oxygens (including phenoxy) is 1. The molecule has 0 spiro atoms. The Morgan fingerprint density at radius 3 is 2.62 bits per heavy atom. The van der Waals surface area contributed by atoms with Crippen molar-refractivity contribution in [2.24, 2.45) is 12.5 Å². The number of nitrogens with one attached hydrogen (secondary N) is 1. The Kier molecular flexibility index (Phi) is 5.69. The van der Waals surface area contributed by atoms with Gasteiger partial charge in [0.1, 0.15) is 0 Å². The van der Waals surface area contributed by atoms with E-state index in [1.807, 2.05) is 36.0 Å². The summed E-state index contributed by atoms with van der Waals surface area (Å²) < 4.78 is 7.36. The number of nitrogens with zero attached hydrogens (tertiary/aromatic N) is 3. The van der Waals surface area contributed by atoms with Gasteiger partial charge < -0.3 is 10.1 Å². The summed E-state index contributed by atoms with van der Waals surface area (Å²) in [6, 6.07) is 7.96. The first-order chi connectivity index (χ1) is 13.9. The van der Waals surface area contributed by atoms with Crippen molar-refractivity contribution in [3.05, 3.63) is 51.8 Å². The van der Waals surface area contributed by atoms with E-state index in [1.165, 1.54) is 11.3 Å². The van der Waals surface area contributed by atoms with E-state index in [0.29, 0.717) is 18.1 Å². The van der Waals surface area contributed by atoms with E-state index in [9.17, 15) is 4.79 Å². The molecule has 1 amide bonds. The van der Waals surface area contributed by atoms with Crippen LogP contribution in [0.4, 0.5) is 0 Å². The Labute approximate surface area is 177 Å². The molecule has 0 saturated carbocycles. The van der Waals surface area contributed by atoms with Crippen molar-refractivity contribution in [3.8, 4) is 0 Å². The van der Waals surface area contributed by atoms with Crippen LogP contribution in [0.15, 0.2) is 24.3 Å². The minimum Gasteiger partial charge on any atom is -0.379 e. The molecule has 3 heterocycles. The highest BCUT2D eigenvalue weighted by molar-refractivity contribution is 6.30. The molecule has 0 radical (unpaired) electrons. The van der Waals surface area contributed by atoms with Crippen LogP contribution < -0.4 is 5.32 Å². The van der Waals surface area contributed by atoms with Crippen LogP contribution in [0.2, 0.25) is 5.02 Å². The summed E-state index contributed by atoms with van der Waals surface area (Å²) in [7, 11) is 1.98. The molecule has 29 heavy (non-hydrogen) atoms. The Hall–Kier alpha value is -1.89. The van der Waals surface area contributed by atoms with Gasteiger partial charge in [-0.2, -0.15) is 5.10 Å². The number of aromatic nitrogens is 2. The van der Waals surface area contributed by atoms with Crippen LogP contribution in [0.3, 0.4) is 0 Å². The number of carbonyl (C=O) groups is 1. The highest BCUT2D eigenvalue weighted by atomic mass is 35.5. The minimum atomic E-state index is -0.416. The molecule has 2 aliphatic rings. The molecule has 2 fully saturated rings. The Morgan fingerprint density at radius 2 is 2.03 bits per heavy atom. The number of hydrogen-bond acceptors (Lipinski definition) is 4. The van der Waals surface area contributed by atoms with Crippen LogP contribution in [0, 0.1) is 19.3 Å². The quantitative estimate of drug-likeness (QED) is 0.786. The van der Waals surface area contributed by atoms with Crippen molar-refractivity contribution < 1.29 is 9.53 Å². The first-order valence-corrected chi connectivity index (χ1v) is 10.6. The van der Waals surface area contributed by atoms with E-state index in [0.717, 1.165) is 43.9 Å². The third kappa shape index (κ3) is 4.20. The van der Waals surface area contributed by atoms with Gasteiger partial charge in [-0.1, -0.05) is 23.7 Å². The van der Waals surface area contributed by atoms with E-state index in [-0.39, 0.29) is 11.9 Å². The molecule has 1 aromatic heterocycles. The zero-order valence-electron chi connectivity index (χ0n) is 17.4. The molecule has 1 N–H and O–H groups in total. The number of likely N-dealkylation sites (tertiary alicyclic amines) is 1. The molecule has 4 rings (SSSR count). The second-order valence-corrected chi connectivity index (χ2v) is 8.97. The van der Waals surface area contributed by atoms with Gasteiger partial charge in [0.05, 0.1) is 23.8 Å². The second kappa shape index (κ2) is 8.09. The third-order valence-corrected chi connectivity index (χ3v) is 6.55. The number of carbonyl (C=O) groups excluding carboxylic acids is 1. The van der Waals surface area contributed by atoms with E-state index in [4.69, 9.17) is 16.3 Å². The van der Waals surface area contributed by atoms with Crippen molar-refractivity contribution in [2.45, 2.75) is 39.3 Å². The molecule has 1 aromatic carbocycles. The Morgan fingerprint density at radius 1 is 1.31 bits per heavy atom. The topological polar surface area (TPSA) is 59.4 Å². The van der Waals surface area contributed by atoms with Crippen molar-refractivity contribution in [1.29, 1.82) is 0 Å². The lowest BCUT2D eigenvalue weighted by molar-refractivity contribution is -0.143. The molecule has 7 heteroatoms. The van der Waals surface area contributed by atoms with Gasteiger partial charge in [0.2, 0.25) is 5.91 Å². The second-order valence-electron chi connectivity index (χ2n) is 8.54. The molecule has 2 saturated heterocycles. The lowest BCUT2D eigenvalue weighted by Gasteiger charge is -2.49. The predicted molar refractivity (Wildman–Crippen MR) is 113 cm³/mol. The largest absolute Gasteiger partial charge is 0.379 e. The molecular weight excluding hydrogens is 388 g/mol. The van der Waals surface area contributed by atoms with Crippen LogP contribution in [-0.2, 0) is 29.5 Å². The molecular formula is C22H29ClN4O2. The van der Waals surface area contributed by atoms with Crippen molar-refractivity contribution in [2.75, 3.05) is 26.3 Å². The molecule has 2 aliphatic heterocycles. The summed E-state index contributed by atoms with van der Waals surface area (Å²) >= 11 is 6.04. The molecule has 0 aliphatic carbocycles. The zero-order chi connectivity index (χ0) is 20.6. The van der Waals surface area contributed by atoms with Crippen molar-refractivity contribution in [3.63, 3.8) is 0 Å². The summed E-state index contributed by atoms with van der Waals surface area (Å²) in [5.41, 5.74) is 4.23. The van der Waals surface area contributed by atoms with Gasteiger partial charge >= 0.3 is 0 Å². The predicted octanol–water partition coefficient (Wildman–Crippen LogP) is 2.64. The molecule has 0 bridgehead atoms. The molecule has 156 valence electrons. The lowest BCUT2D eigenvalue weighted by atomic mass is 9.73. The van der Waals surface area contributed by atoms with Gasteiger partial charge in [-0.05, 0) is 44.4 Å². The van der Waals surface area contributed by atoms with Crippen LogP contribution in [0.25, 0.3) is 0 Å². The summed E-state index contributed by atoms with van der Waals surface area (Å²) in [6.07, 6.45) is 1.60. The average Bonchev–Trinajstić information content (AvgIpc) is 3.24. The third-order valence-electron chi connectivity index (χ3n) is 6.30. The maximum atomic E-state index is 13.3. The van der Waals surface area contributed by atoms with Gasteiger partial charge in [-0.25, -0.2) is 0 Å². The van der Waals surface area contributed by atoms with Crippen LogP contribution in [0.5, 0.6) is 0 Å². The van der Waals surface area contributed by atoms with E-state index in [2.05, 4.69) is 29.2 Å². The first kappa shape index (κ1) is 20.4. The van der Waals surface area contributed by atoms with Crippen LogP contribution in [-0.4, -0.2) is 52.9 Å². The van der Waals surface area contributed by atoms with Crippen molar-refractivity contribution in [1.82, 2.24) is 20.0 Å². The summed E-state index contributed by atoms with van der Waals surface area (Å²) in [6.45, 7) is 7.79. The first-order valence-electron chi connectivity index (χ1n) is 10.2. The van der Waals surface area contributed by atoms with Gasteiger partial charge in [-0.3, -0.25) is 14.4 Å². The van der Waals surface area contributed by atoms with Gasteiger partial charge in [0.25, 0.3) is 0 Å². The van der Waals surface area contributed by atoms with Crippen LogP contribution in [0.1, 0.15) is 28.9 Å². The molecule has 1 atom stereocenters. The maximum absolute atomic E-state index is 13.3. The number of rotatable bonds is 6. The number of aryl methyl sites for hydroxylation is 2. The number of amides is 1. The fourth-order valence-electron chi connectivity index (χ4n) is 4.51. The Bertz CT molecular complexity index is 881. The molecule has 6 nitrogen and oxygen atoms in total. The fraction of sp³-hybridized carbons (Fsp3) is 0.545. The average molecular weight is 417 g/mol. The fourth-order valence-corrected chi connectivity index (χ4v) is 4.63. The summed E-state index contributed by atoms with van der Waals surface area (Å²) in [4.78, 5) is 15.6. The number of benzene rings is 1. The summed E-state index contributed by atoms with van der Waals surface area (Å²) in [5, 5.41) is 8.47. The Balaban J connectivity index is 1.49. The van der Waals surface area contributed by atoms with Gasteiger partial charge in [-0.15, -0.1) is 0 Å². The maximum Gasteiger partial charge on any atom is 0.229 e. The standard InChI is InChI=1S/C22H29ClN4O2/c1-15-20(16(2)26(3)25-15)11-27-13-22(14-27,10-17-4-6-18(23)7-5-17)21(28)24-19-8-9-29-12-19/h4-7,19H,8-14H2,1-3H3,(H,24,28). The van der Waals surface area contributed by atoms with Gasteiger partial charge in [0.15, 0.2) is 0 Å². The number of halogens is 1. The van der Waals surface area contributed by atoms with Gasteiger partial charge in [0, 0.05) is 49.6 Å². The molecule has 2 aromatic rings. The molecule has 1 unspecified atom stereocenters. The lowest BCUT2D eigenvalue weighted by Crippen LogP contribution is -2.64. The zero-order valence-corrected chi connectivity index (χ0v) is 18.1. The van der Waals surface area contributed by atoms with E-state index in [1.54, 1.807) is 0 Å². The van der Waals surface area contributed by atoms with Crippen LogP contribution >= 0.6 is 11.6 Å². The van der Waals surface area contributed by atoms with Crippen molar-refractivity contribution >= 4 is 17.5 Å². The van der Waals surface area contributed by atoms with E-state index < -0.39 is 5.41 Å². The van der Waals surface area contributed by atoms with E-state index >= 15 is 0 Å². The summed E-state index contributed by atoms with van der Waals surface area (Å²) in [5.74, 6) is 0.138. The minimum absolute atomic E-state index is 0.126. The number of hydrogen-bond donors (Lipinski definition) is 1. The monoisotopic (exact) mass is 416 g/mol. The highest BCUT2D eigenvalue weighted by Crippen LogP contribution is 2.37. The smallest absolute Gasteiger partial charge is 0.229 e. The normalized spacial score (nSPS) is 21.2.